The van der Waals surface area contributed by atoms with Crippen molar-refractivity contribution in [3.05, 3.63) is 63.4 Å². The van der Waals surface area contributed by atoms with Crippen molar-refractivity contribution < 1.29 is 18.3 Å². The van der Waals surface area contributed by atoms with E-state index in [1.807, 2.05) is 0 Å². The van der Waals surface area contributed by atoms with Crippen molar-refractivity contribution in [3.63, 3.8) is 0 Å². The van der Waals surface area contributed by atoms with Gasteiger partial charge in [0.15, 0.2) is 0 Å². The molecule has 7 heteroatoms. The Hall–Kier alpha value is -1.30. The van der Waals surface area contributed by atoms with Crippen LogP contribution in [0, 0.1) is 0 Å². The van der Waals surface area contributed by atoms with Crippen molar-refractivity contribution >= 4 is 23.2 Å². The van der Waals surface area contributed by atoms with Gasteiger partial charge in [0.25, 0.3) is 0 Å². The second-order valence-electron chi connectivity index (χ2n) is 4.43. The van der Waals surface area contributed by atoms with E-state index in [-0.39, 0.29) is 17.0 Å². The smallest absolute Gasteiger partial charge is 0.388 e. The lowest BCUT2D eigenvalue weighted by molar-refractivity contribution is -0.139. The Bertz CT molecular complexity index is 646. The molecule has 0 spiro atoms. The first-order valence-corrected chi connectivity index (χ1v) is 6.67. The Morgan fingerprint density at radius 1 is 1.14 bits per heavy atom. The molecule has 0 aliphatic heterocycles. The van der Waals surface area contributed by atoms with Crippen molar-refractivity contribution in [3.8, 4) is 0 Å². The van der Waals surface area contributed by atoms with Crippen molar-refractivity contribution in [2.75, 3.05) is 0 Å². The highest BCUT2D eigenvalue weighted by Crippen LogP contribution is 2.35. The predicted octanol–water partition coefficient (Wildman–Crippen LogP) is 4.68. The number of alkyl halides is 3. The molecule has 2 aromatic rings. The second kappa shape index (κ2) is 6.22. The highest BCUT2D eigenvalue weighted by Gasteiger charge is 2.35. The van der Waals surface area contributed by atoms with Crippen LogP contribution in [0.25, 0.3) is 0 Å². The Morgan fingerprint density at radius 2 is 1.86 bits per heavy atom. The van der Waals surface area contributed by atoms with Gasteiger partial charge in [-0.3, -0.25) is 4.98 Å². The van der Waals surface area contributed by atoms with E-state index in [0.717, 1.165) is 18.5 Å². The number of benzene rings is 1. The third-order valence-electron chi connectivity index (χ3n) is 2.93. The van der Waals surface area contributed by atoms with Crippen LogP contribution < -0.4 is 0 Å². The number of halogens is 5. The van der Waals surface area contributed by atoms with Gasteiger partial charge in [-0.25, -0.2) is 0 Å². The number of aromatic nitrogens is 1. The Labute approximate surface area is 129 Å². The maximum Gasteiger partial charge on any atom is 0.416 e. The summed E-state index contributed by atoms with van der Waals surface area (Å²) in [5, 5.41) is 10.7. The average molecular weight is 336 g/mol. The van der Waals surface area contributed by atoms with Crippen LogP contribution in [0.15, 0.2) is 36.7 Å². The molecular formula is C14H10Cl2F3NO. The maximum absolute atomic E-state index is 12.9. The Kier molecular flexibility index (Phi) is 4.76. The maximum atomic E-state index is 12.9. The fourth-order valence-electron chi connectivity index (χ4n) is 1.93. The topological polar surface area (TPSA) is 33.1 Å². The van der Waals surface area contributed by atoms with Crippen molar-refractivity contribution in [2.45, 2.75) is 18.7 Å². The van der Waals surface area contributed by atoms with Gasteiger partial charge in [-0.05, 0) is 23.8 Å². The van der Waals surface area contributed by atoms with Crippen LogP contribution in [0.1, 0.15) is 22.8 Å². The molecule has 1 aromatic heterocycles. The zero-order valence-corrected chi connectivity index (χ0v) is 12.0. The summed E-state index contributed by atoms with van der Waals surface area (Å²) in [4.78, 5) is 3.65. The summed E-state index contributed by atoms with van der Waals surface area (Å²) in [6.45, 7) is 0. The van der Waals surface area contributed by atoms with Crippen LogP contribution in [-0.4, -0.2) is 10.1 Å². The van der Waals surface area contributed by atoms with Gasteiger partial charge >= 0.3 is 6.18 Å². The molecule has 0 radical (unpaired) electrons. The summed E-state index contributed by atoms with van der Waals surface area (Å²) in [5.74, 6) is 0. The molecule has 2 rings (SSSR count). The normalized spacial score (nSPS) is 13.2. The third kappa shape index (κ3) is 3.87. The minimum Gasteiger partial charge on any atom is -0.388 e. The first-order valence-electron chi connectivity index (χ1n) is 5.92. The van der Waals surface area contributed by atoms with E-state index < -0.39 is 17.8 Å². The van der Waals surface area contributed by atoms with E-state index in [2.05, 4.69) is 4.98 Å². The first-order chi connectivity index (χ1) is 9.79. The zero-order chi connectivity index (χ0) is 15.6. The van der Waals surface area contributed by atoms with Gasteiger partial charge in [-0.1, -0.05) is 29.3 Å². The standard InChI is InChI=1S/C14H10Cl2F3NO/c15-11-2-1-8(5-12(11)16)6-13(21)9-7-20-4-3-10(9)14(17,18)19/h1-5,7,13,21H,6H2. The first kappa shape index (κ1) is 16.1. The summed E-state index contributed by atoms with van der Waals surface area (Å²) in [5.41, 5.74) is -0.588. The van der Waals surface area contributed by atoms with Gasteiger partial charge in [-0.15, -0.1) is 0 Å². The summed E-state index contributed by atoms with van der Waals surface area (Å²) >= 11 is 11.6. The molecule has 2 nitrogen and oxygen atoms in total. The Balaban J connectivity index is 2.28. The van der Waals surface area contributed by atoms with Crippen LogP contribution in [0.2, 0.25) is 10.0 Å². The molecule has 0 bridgehead atoms. The molecule has 0 amide bonds. The van der Waals surface area contributed by atoms with Crippen LogP contribution in [0.5, 0.6) is 0 Å². The van der Waals surface area contributed by atoms with Gasteiger partial charge in [-0.2, -0.15) is 13.2 Å². The summed E-state index contributed by atoms with van der Waals surface area (Å²) in [6.07, 6.45) is -3.85. The number of nitrogens with zero attached hydrogens (tertiary/aromatic N) is 1. The minimum absolute atomic E-state index is 0.0222. The molecule has 1 heterocycles. The van der Waals surface area contributed by atoms with Gasteiger partial charge < -0.3 is 5.11 Å². The highest BCUT2D eigenvalue weighted by molar-refractivity contribution is 6.42. The molecular weight excluding hydrogens is 326 g/mol. The van der Waals surface area contributed by atoms with Crippen LogP contribution in [-0.2, 0) is 12.6 Å². The van der Waals surface area contributed by atoms with Gasteiger partial charge in [0.2, 0.25) is 0 Å². The fraction of sp³-hybridized carbons (Fsp3) is 0.214. The van der Waals surface area contributed by atoms with Gasteiger partial charge in [0.05, 0.1) is 21.7 Å². The van der Waals surface area contributed by atoms with Crippen molar-refractivity contribution in [1.29, 1.82) is 0 Å². The molecule has 1 N–H and O–H groups in total. The lowest BCUT2D eigenvalue weighted by Crippen LogP contribution is -2.13. The van der Waals surface area contributed by atoms with Gasteiger partial charge in [0.1, 0.15) is 0 Å². The molecule has 1 unspecified atom stereocenters. The Morgan fingerprint density at radius 3 is 2.48 bits per heavy atom. The highest BCUT2D eigenvalue weighted by atomic mass is 35.5. The number of pyridine rings is 1. The summed E-state index contributed by atoms with van der Waals surface area (Å²) in [6, 6.07) is 5.48. The fourth-order valence-corrected chi connectivity index (χ4v) is 2.25. The van der Waals surface area contributed by atoms with E-state index in [4.69, 9.17) is 23.2 Å². The summed E-state index contributed by atoms with van der Waals surface area (Å²) in [7, 11) is 0. The van der Waals surface area contributed by atoms with Crippen LogP contribution in [0.4, 0.5) is 13.2 Å². The third-order valence-corrected chi connectivity index (χ3v) is 3.67. The lowest BCUT2D eigenvalue weighted by Gasteiger charge is -2.17. The largest absolute Gasteiger partial charge is 0.416 e. The lowest BCUT2D eigenvalue weighted by atomic mass is 9.98. The quantitative estimate of drug-likeness (QED) is 0.883. The molecule has 112 valence electrons. The number of aliphatic hydroxyl groups excluding tert-OH is 1. The van der Waals surface area contributed by atoms with Crippen LogP contribution in [0.3, 0.4) is 0 Å². The van der Waals surface area contributed by atoms with E-state index in [9.17, 15) is 18.3 Å². The second-order valence-corrected chi connectivity index (χ2v) is 5.24. The van der Waals surface area contributed by atoms with Gasteiger partial charge in [0, 0.05) is 24.4 Å². The van der Waals surface area contributed by atoms with Crippen molar-refractivity contribution in [2.24, 2.45) is 0 Å². The number of rotatable bonds is 3. The van der Waals surface area contributed by atoms with E-state index in [1.54, 1.807) is 6.07 Å². The van der Waals surface area contributed by atoms with Crippen molar-refractivity contribution in [1.82, 2.24) is 4.98 Å². The molecule has 0 aliphatic carbocycles. The molecule has 0 aliphatic rings. The number of aliphatic hydroxyl groups is 1. The molecule has 1 atom stereocenters. The predicted molar refractivity (Wildman–Crippen MR) is 74.4 cm³/mol. The van der Waals surface area contributed by atoms with Crippen LogP contribution >= 0.6 is 23.2 Å². The average Bonchev–Trinajstić information content (AvgIpc) is 2.42. The number of hydrogen-bond acceptors (Lipinski definition) is 2. The molecule has 0 saturated carbocycles. The molecule has 0 fully saturated rings. The van der Waals surface area contributed by atoms with E-state index >= 15 is 0 Å². The minimum atomic E-state index is -4.54. The number of hydrogen-bond donors (Lipinski definition) is 1. The van der Waals surface area contributed by atoms with E-state index in [1.165, 1.54) is 12.1 Å². The molecule has 1 aromatic carbocycles. The molecule has 21 heavy (non-hydrogen) atoms. The SMILES string of the molecule is OC(Cc1ccc(Cl)c(Cl)c1)c1cnccc1C(F)(F)F. The monoisotopic (exact) mass is 335 g/mol. The van der Waals surface area contributed by atoms with E-state index in [0.29, 0.717) is 10.6 Å². The summed E-state index contributed by atoms with van der Waals surface area (Å²) < 4.78 is 38.7. The zero-order valence-electron chi connectivity index (χ0n) is 10.5. The molecule has 0 saturated heterocycles.